The van der Waals surface area contributed by atoms with E-state index in [-0.39, 0.29) is 17.5 Å². The van der Waals surface area contributed by atoms with E-state index < -0.39 is 7.12 Å². The third-order valence-electron chi connectivity index (χ3n) is 1.30. The highest BCUT2D eigenvalue weighted by atomic mass is 35.5. The van der Waals surface area contributed by atoms with Gasteiger partial charge in [-0.2, -0.15) is 0 Å². The van der Waals surface area contributed by atoms with E-state index in [1.54, 1.807) is 6.08 Å². The molecule has 0 aliphatic rings. The minimum Gasteiger partial charge on any atom is -0.408 e. The van der Waals surface area contributed by atoms with Crippen LogP contribution in [0.2, 0.25) is 0 Å². The third kappa shape index (κ3) is 6.14. The fourth-order valence-electron chi connectivity index (χ4n) is 0.830. The predicted molar refractivity (Wildman–Crippen MR) is 58.0 cm³/mol. The Hall–Kier alpha value is 0.0149. The van der Waals surface area contributed by atoms with Crippen molar-refractivity contribution in [2.45, 2.75) is 45.2 Å². The third-order valence-corrected chi connectivity index (χ3v) is 1.68. The van der Waals surface area contributed by atoms with Crippen LogP contribution in [-0.2, 0) is 9.31 Å². The van der Waals surface area contributed by atoms with Crippen molar-refractivity contribution in [1.82, 2.24) is 0 Å². The number of hydrogen-bond acceptors (Lipinski definition) is 2. The first-order valence-corrected chi connectivity index (χ1v) is 4.98. The van der Waals surface area contributed by atoms with Crippen LogP contribution in [0, 0.1) is 0 Å². The zero-order valence-electron chi connectivity index (χ0n) is 8.79. The second-order valence-electron chi connectivity index (χ2n) is 3.42. The number of hydrogen-bond donors (Lipinski definition) is 0. The van der Waals surface area contributed by atoms with Crippen LogP contribution in [0.15, 0.2) is 12.7 Å². The quantitative estimate of drug-likeness (QED) is 0.376. The molecule has 0 radical (unpaired) electrons. The van der Waals surface area contributed by atoms with E-state index >= 15 is 0 Å². The summed E-state index contributed by atoms with van der Waals surface area (Å²) >= 11 is 5.95. The summed E-state index contributed by atoms with van der Waals surface area (Å²) in [5.74, 6) is 0. The van der Waals surface area contributed by atoms with Crippen molar-refractivity contribution in [2.24, 2.45) is 0 Å². The van der Waals surface area contributed by atoms with Gasteiger partial charge in [0.15, 0.2) is 0 Å². The molecule has 0 aromatic heterocycles. The lowest BCUT2D eigenvalue weighted by atomic mass is 9.83. The topological polar surface area (TPSA) is 18.5 Å². The van der Waals surface area contributed by atoms with Crippen LogP contribution < -0.4 is 0 Å². The van der Waals surface area contributed by atoms with Crippen LogP contribution in [0.4, 0.5) is 0 Å². The Morgan fingerprint density at radius 1 is 1.15 bits per heavy atom. The van der Waals surface area contributed by atoms with Crippen LogP contribution in [-0.4, -0.2) is 24.6 Å². The molecule has 0 aromatic carbocycles. The van der Waals surface area contributed by atoms with Gasteiger partial charge in [0.05, 0.1) is 5.28 Å². The van der Waals surface area contributed by atoms with Gasteiger partial charge in [0.2, 0.25) is 0 Å². The second-order valence-corrected chi connectivity index (χ2v) is 3.92. The number of allylic oxidation sites excluding steroid dienone is 1. The molecule has 76 valence electrons. The van der Waals surface area contributed by atoms with Crippen LogP contribution in [0.3, 0.4) is 0 Å². The normalized spacial score (nSPS) is 13.5. The lowest BCUT2D eigenvalue weighted by molar-refractivity contribution is 0.130. The van der Waals surface area contributed by atoms with Gasteiger partial charge in [0.25, 0.3) is 0 Å². The highest BCUT2D eigenvalue weighted by Gasteiger charge is 2.28. The molecule has 0 saturated carbocycles. The van der Waals surface area contributed by atoms with Crippen molar-refractivity contribution < 1.29 is 9.31 Å². The molecule has 0 rings (SSSR count). The molecule has 0 aliphatic heterocycles. The standard InChI is InChI=1S/C9H18BClO2/c1-6-9(11)10(12-7(2)3)13-8(4)5/h6-9H,1H2,2-5H3. The summed E-state index contributed by atoms with van der Waals surface area (Å²) in [6.07, 6.45) is 1.83. The van der Waals surface area contributed by atoms with Crippen molar-refractivity contribution in [3.63, 3.8) is 0 Å². The zero-order chi connectivity index (χ0) is 10.4. The molecular weight excluding hydrogens is 186 g/mol. The number of rotatable bonds is 6. The molecule has 0 saturated heterocycles. The Morgan fingerprint density at radius 3 is 1.77 bits per heavy atom. The first-order chi connectivity index (χ1) is 5.97. The minimum absolute atomic E-state index is 0.102. The van der Waals surface area contributed by atoms with E-state index in [1.165, 1.54) is 0 Å². The summed E-state index contributed by atoms with van der Waals surface area (Å²) in [6, 6.07) is 0. The van der Waals surface area contributed by atoms with Gasteiger partial charge in [-0.3, -0.25) is 0 Å². The Morgan fingerprint density at radius 2 is 1.54 bits per heavy atom. The van der Waals surface area contributed by atoms with Gasteiger partial charge in [-0.1, -0.05) is 6.08 Å². The predicted octanol–water partition coefficient (Wildman–Crippen LogP) is 2.66. The Bertz CT molecular complexity index is 141. The number of alkyl halides is 1. The van der Waals surface area contributed by atoms with Gasteiger partial charge >= 0.3 is 7.12 Å². The maximum absolute atomic E-state index is 5.95. The van der Waals surface area contributed by atoms with E-state index in [0.717, 1.165) is 0 Å². The molecule has 4 heteroatoms. The highest BCUT2D eigenvalue weighted by Crippen LogP contribution is 2.10. The van der Waals surface area contributed by atoms with E-state index in [4.69, 9.17) is 20.9 Å². The summed E-state index contributed by atoms with van der Waals surface area (Å²) in [7, 11) is -0.404. The molecule has 2 nitrogen and oxygen atoms in total. The lowest BCUT2D eigenvalue weighted by Gasteiger charge is -2.21. The van der Waals surface area contributed by atoms with Crippen LogP contribution in [0.25, 0.3) is 0 Å². The molecule has 0 fully saturated rings. The van der Waals surface area contributed by atoms with Gasteiger partial charge in [0.1, 0.15) is 0 Å². The summed E-state index contributed by atoms with van der Waals surface area (Å²) in [4.78, 5) is 0. The van der Waals surface area contributed by atoms with E-state index in [9.17, 15) is 0 Å². The Kier molecular flexibility index (Phi) is 6.47. The smallest absolute Gasteiger partial charge is 0.408 e. The fraction of sp³-hybridized carbons (Fsp3) is 0.778. The summed E-state index contributed by atoms with van der Waals surface area (Å²) < 4.78 is 11.0. The molecule has 1 atom stereocenters. The summed E-state index contributed by atoms with van der Waals surface area (Å²) in [5, 5.41) is -0.301. The Labute approximate surface area is 86.4 Å². The van der Waals surface area contributed by atoms with E-state index in [0.29, 0.717) is 0 Å². The molecule has 1 unspecified atom stereocenters. The van der Waals surface area contributed by atoms with Gasteiger partial charge in [-0.25, -0.2) is 0 Å². The highest BCUT2D eigenvalue weighted by molar-refractivity contribution is 6.60. The van der Waals surface area contributed by atoms with E-state index in [1.807, 2.05) is 27.7 Å². The maximum Gasteiger partial charge on any atom is 0.480 e. The second kappa shape index (κ2) is 6.47. The number of halogens is 1. The van der Waals surface area contributed by atoms with Gasteiger partial charge in [0, 0.05) is 12.2 Å². The molecule has 0 spiro atoms. The van der Waals surface area contributed by atoms with E-state index in [2.05, 4.69) is 6.58 Å². The first kappa shape index (κ1) is 13.0. The van der Waals surface area contributed by atoms with Crippen molar-refractivity contribution in [1.29, 1.82) is 0 Å². The first-order valence-electron chi connectivity index (χ1n) is 4.55. The van der Waals surface area contributed by atoms with Gasteiger partial charge in [-0.15, -0.1) is 18.2 Å². The Balaban J connectivity index is 4.09. The molecule has 0 N–H and O–H groups in total. The minimum atomic E-state index is -0.404. The SMILES string of the molecule is C=CC(Cl)B(OC(C)C)OC(C)C. The van der Waals surface area contributed by atoms with Crippen LogP contribution >= 0.6 is 11.6 Å². The van der Waals surface area contributed by atoms with Crippen molar-refractivity contribution in [2.75, 3.05) is 0 Å². The molecule has 0 bridgehead atoms. The average molecular weight is 205 g/mol. The zero-order valence-corrected chi connectivity index (χ0v) is 9.54. The lowest BCUT2D eigenvalue weighted by Crippen LogP contribution is -2.37. The van der Waals surface area contributed by atoms with Crippen LogP contribution in [0.5, 0.6) is 0 Å². The average Bonchev–Trinajstić information content (AvgIpc) is 2.00. The van der Waals surface area contributed by atoms with Crippen molar-refractivity contribution in [3.8, 4) is 0 Å². The monoisotopic (exact) mass is 204 g/mol. The van der Waals surface area contributed by atoms with Gasteiger partial charge in [-0.05, 0) is 27.7 Å². The van der Waals surface area contributed by atoms with Crippen molar-refractivity contribution >= 4 is 18.7 Å². The summed E-state index contributed by atoms with van der Waals surface area (Å²) in [5.41, 5.74) is 0. The fourth-order valence-corrected chi connectivity index (χ4v) is 0.949. The van der Waals surface area contributed by atoms with Crippen LogP contribution in [0.1, 0.15) is 27.7 Å². The maximum atomic E-state index is 5.95. The molecule has 0 aromatic rings. The molecule has 0 amide bonds. The molecule has 13 heavy (non-hydrogen) atoms. The summed E-state index contributed by atoms with van der Waals surface area (Å²) in [6.45, 7) is 11.4. The van der Waals surface area contributed by atoms with Gasteiger partial charge < -0.3 is 9.31 Å². The molecule has 0 heterocycles. The van der Waals surface area contributed by atoms with Crippen molar-refractivity contribution in [3.05, 3.63) is 12.7 Å². The molecular formula is C9H18BClO2. The largest absolute Gasteiger partial charge is 0.480 e. The molecule has 0 aliphatic carbocycles.